The highest BCUT2D eigenvalue weighted by Crippen LogP contribution is 2.38. The molecule has 40 heavy (non-hydrogen) atoms. The molecule has 0 aliphatic carbocycles. The molecule has 2 amide bonds. The van der Waals surface area contributed by atoms with Gasteiger partial charge in [-0.15, -0.1) is 0 Å². The minimum atomic E-state index is -1.33. The number of rotatable bonds is 10. The lowest BCUT2D eigenvalue weighted by atomic mass is 10.1. The van der Waals surface area contributed by atoms with Crippen LogP contribution in [-0.4, -0.2) is 39.1 Å². The summed E-state index contributed by atoms with van der Waals surface area (Å²) < 4.78 is 26.8. The van der Waals surface area contributed by atoms with Crippen LogP contribution in [0.15, 0.2) is 83.5 Å². The molecule has 0 fully saturated rings. The van der Waals surface area contributed by atoms with Gasteiger partial charge in [0.05, 0.1) is 43.9 Å². The van der Waals surface area contributed by atoms with E-state index in [0.29, 0.717) is 22.0 Å². The molecule has 0 saturated heterocycles. The average Bonchev–Trinajstić information content (AvgIpc) is 3.51. The molecule has 0 aliphatic rings. The van der Waals surface area contributed by atoms with E-state index in [1.54, 1.807) is 48.5 Å². The Kier molecular flexibility index (Phi) is 8.93. The first-order chi connectivity index (χ1) is 19.3. The number of hydrogen-bond donors (Lipinski definition) is 2. The molecular weight excluding hydrogens is 540 g/mol. The zero-order valence-electron chi connectivity index (χ0n) is 21.7. The van der Waals surface area contributed by atoms with Crippen LogP contribution in [0.5, 0.6) is 17.2 Å². The van der Waals surface area contributed by atoms with E-state index < -0.39 is 23.9 Å². The van der Waals surface area contributed by atoms with Crippen LogP contribution in [0.3, 0.4) is 0 Å². The topological polar surface area (TPSA) is 125 Å². The third-order valence-electron chi connectivity index (χ3n) is 5.69. The largest absolute Gasteiger partial charge is 0.495 e. The van der Waals surface area contributed by atoms with E-state index in [0.717, 1.165) is 0 Å². The molecule has 1 aromatic heterocycles. The number of ether oxygens (including phenoxy) is 4. The van der Waals surface area contributed by atoms with Crippen molar-refractivity contribution in [1.82, 2.24) is 0 Å². The van der Waals surface area contributed by atoms with Gasteiger partial charge >= 0.3 is 5.97 Å². The number of amides is 2. The molecule has 0 bridgehead atoms. The molecule has 1 heterocycles. The van der Waals surface area contributed by atoms with Gasteiger partial charge in [0.15, 0.2) is 17.3 Å². The summed E-state index contributed by atoms with van der Waals surface area (Å²) in [4.78, 5) is 39.4. The number of furan rings is 1. The van der Waals surface area contributed by atoms with E-state index in [4.69, 9.17) is 35.0 Å². The quantitative estimate of drug-likeness (QED) is 0.233. The first-order valence-electron chi connectivity index (χ1n) is 11.9. The van der Waals surface area contributed by atoms with Crippen LogP contribution < -0.4 is 24.8 Å². The van der Waals surface area contributed by atoms with Crippen molar-refractivity contribution in [2.75, 3.05) is 32.0 Å². The molecule has 3 aromatic carbocycles. The van der Waals surface area contributed by atoms with Crippen LogP contribution in [0.4, 0.5) is 11.4 Å². The van der Waals surface area contributed by atoms with E-state index in [2.05, 4.69) is 10.6 Å². The standard InChI is InChI=1S/C29H25ClN2O8/c1-36-22-12-11-19(16-20(22)30)31-28(34)25(17-8-5-4-6-9-17)40-29(35)18-14-21(26(38-3)24(15-18)37-2)32-27(33)23-10-7-13-39-23/h4-16,25H,1-3H3,(H,31,34)(H,32,33)/t25-/m0/s1. The highest BCUT2D eigenvalue weighted by molar-refractivity contribution is 6.32. The third-order valence-corrected chi connectivity index (χ3v) is 5.99. The summed E-state index contributed by atoms with van der Waals surface area (Å²) in [6.07, 6.45) is 0.0265. The van der Waals surface area contributed by atoms with Crippen LogP contribution in [0.2, 0.25) is 5.02 Å². The van der Waals surface area contributed by atoms with Crippen molar-refractivity contribution < 1.29 is 37.7 Å². The Morgan fingerprint density at radius 2 is 1.57 bits per heavy atom. The van der Waals surface area contributed by atoms with E-state index >= 15 is 0 Å². The number of methoxy groups -OCH3 is 3. The van der Waals surface area contributed by atoms with Gasteiger partial charge in [-0.25, -0.2) is 4.79 Å². The van der Waals surface area contributed by atoms with Gasteiger partial charge in [0.2, 0.25) is 6.10 Å². The second-order valence-electron chi connectivity index (χ2n) is 8.23. The Bertz CT molecular complexity index is 1510. The van der Waals surface area contributed by atoms with Gasteiger partial charge in [0, 0.05) is 11.3 Å². The summed E-state index contributed by atoms with van der Waals surface area (Å²) in [7, 11) is 4.25. The summed E-state index contributed by atoms with van der Waals surface area (Å²) >= 11 is 6.19. The zero-order valence-corrected chi connectivity index (χ0v) is 22.5. The van der Waals surface area contributed by atoms with Gasteiger partial charge in [-0.3, -0.25) is 9.59 Å². The van der Waals surface area contributed by atoms with Crippen molar-refractivity contribution in [3.63, 3.8) is 0 Å². The fourth-order valence-corrected chi connectivity index (χ4v) is 4.05. The number of carbonyl (C=O) groups excluding carboxylic acids is 3. The van der Waals surface area contributed by atoms with Crippen molar-refractivity contribution in [3.8, 4) is 17.2 Å². The maximum Gasteiger partial charge on any atom is 0.339 e. The normalized spacial score (nSPS) is 11.2. The van der Waals surface area contributed by atoms with Crippen molar-refractivity contribution in [3.05, 3.63) is 101 Å². The van der Waals surface area contributed by atoms with Crippen LogP contribution in [0.25, 0.3) is 0 Å². The molecule has 206 valence electrons. The summed E-state index contributed by atoms with van der Waals surface area (Å²) in [5.41, 5.74) is 0.930. The van der Waals surface area contributed by atoms with Crippen molar-refractivity contribution >= 4 is 40.8 Å². The Hall–Kier alpha value is -4.96. The minimum Gasteiger partial charge on any atom is -0.495 e. The molecule has 0 saturated carbocycles. The SMILES string of the molecule is COc1ccc(NC(=O)[C@@H](OC(=O)c2cc(NC(=O)c3ccco3)c(OC)c(OC)c2)c2ccccc2)cc1Cl. The number of nitrogens with one attached hydrogen (secondary N) is 2. The molecule has 4 rings (SSSR count). The first-order valence-corrected chi connectivity index (χ1v) is 12.2. The fourth-order valence-electron chi connectivity index (χ4n) is 3.79. The Labute approximate surface area is 234 Å². The number of anilines is 2. The zero-order chi connectivity index (χ0) is 28.6. The molecule has 0 spiro atoms. The highest BCUT2D eigenvalue weighted by Gasteiger charge is 2.28. The molecule has 10 nitrogen and oxygen atoms in total. The van der Waals surface area contributed by atoms with Gasteiger partial charge in [0.25, 0.3) is 11.8 Å². The van der Waals surface area contributed by atoms with Crippen molar-refractivity contribution in [1.29, 1.82) is 0 Å². The van der Waals surface area contributed by atoms with Crippen molar-refractivity contribution in [2.24, 2.45) is 0 Å². The molecule has 1 atom stereocenters. The van der Waals surface area contributed by atoms with Gasteiger partial charge in [-0.05, 0) is 42.5 Å². The fraction of sp³-hybridized carbons (Fsp3) is 0.138. The molecule has 4 aromatic rings. The number of halogens is 1. The number of carbonyl (C=O) groups is 3. The summed E-state index contributed by atoms with van der Waals surface area (Å²) in [5, 5.41) is 5.65. The van der Waals surface area contributed by atoms with Crippen LogP contribution in [0, 0.1) is 0 Å². The van der Waals surface area contributed by atoms with Gasteiger partial charge < -0.3 is 34.0 Å². The molecule has 0 aliphatic heterocycles. The molecule has 0 unspecified atom stereocenters. The van der Waals surface area contributed by atoms with E-state index in [1.807, 2.05) is 0 Å². The summed E-state index contributed by atoms with van der Waals surface area (Å²) in [6.45, 7) is 0. The van der Waals surface area contributed by atoms with Gasteiger partial charge in [-0.1, -0.05) is 41.9 Å². The molecule has 11 heteroatoms. The number of hydrogen-bond acceptors (Lipinski definition) is 8. The average molecular weight is 565 g/mol. The van der Waals surface area contributed by atoms with Crippen LogP contribution in [-0.2, 0) is 9.53 Å². The van der Waals surface area contributed by atoms with Crippen molar-refractivity contribution in [2.45, 2.75) is 6.10 Å². The smallest absolute Gasteiger partial charge is 0.339 e. The first kappa shape index (κ1) is 28.1. The maximum absolute atomic E-state index is 13.4. The molecule has 0 radical (unpaired) electrons. The highest BCUT2D eigenvalue weighted by atomic mass is 35.5. The van der Waals surface area contributed by atoms with Crippen LogP contribution >= 0.6 is 11.6 Å². The summed E-state index contributed by atoms with van der Waals surface area (Å²) in [5.74, 6) is -1.23. The third kappa shape index (κ3) is 6.36. The molecule has 2 N–H and O–H groups in total. The summed E-state index contributed by atoms with van der Waals surface area (Å²) in [6, 6.07) is 19.0. The van der Waals surface area contributed by atoms with E-state index in [1.165, 1.54) is 51.9 Å². The Morgan fingerprint density at radius 1 is 0.825 bits per heavy atom. The monoisotopic (exact) mass is 564 g/mol. The van der Waals surface area contributed by atoms with E-state index in [9.17, 15) is 14.4 Å². The van der Waals surface area contributed by atoms with Crippen LogP contribution in [0.1, 0.15) is 32.6 Å². The minimum absolute atomic E-state index is 0.00591. The Morgan fingerprint density at radius 3 is 2.20 bits per heavy atom. The molecular formula is C29H25ClN2O8. The maximum atomic E-state index is 13.4. The lowest BCUT2D eigenvalue weighted by molar-refractivity contribution is -0.125. The predicted octanol–water partition coefficient (Wildman–Crippen LogP) is 5.75. The van der Waals surface area contributed by atoms with E-state index in [-0.39, 0.29) is 28.5 Å². The second-order valence-corrected chi connectivity index (χ2v) is 8.63. The second kappa shape index (κ2) is 12.7. The van der Waals surface area contributed by atoms with Gasteiger partial charge in [0.1, 0.15) is 5.75 Å². The number of benzene rings is 3. The number of esters is 1. The predicted molar refractivity (Wildman–Crippen MR) is 147 cm³/mol. The van der Waals surface area contributed by atoms with Gasteiger partial charge in [-0.2, -0.15) is 0 Å². The lowest BCUT2D eigenvalue weighted by Gasteiger charge is -2.20. The lowest BCUT2D eigenvalue weighted by Crippen LogP contribution is -2.26. The Balaban J connectivity index is 1.63.